The minimum atomic E-state index is -0.387. The van der Waals surface area contributed by atoms with Crippen molar-refractivity contribution in [3.63, 3.8) is 0 Å². The first kappa shape index (κ1) is 11.7. The number of nitrogens with two attached hydrogens (primary N) is 1. The van der Waals surface area contributed by atoms with Crippen molar-refractivity contribution < 1.29 is 9.53 Å². The summed E-state index contributed by atoms with van der Waals surface area (Å²) in [6.07, 6.45) is 3.26. The first-order valence-corrected chi connectivity index (χ1v) is 4.16. The molecule has 0 aromatic heterocycles. The van der Waals surface area contributed by atoms with Crippen LogP contribution in [0.5, 0.6) is 0 Å². The van der Waals surface area contributed by atoms with Crippen molar-refractivity contribution in [1.82, 2.24) is 0 Å². The Labute approximate surface area is 79.1 Å². The van der Waals surface area contributed by atoms with Gasteiger partial charge in [0.2, 0.25) is 0 Å². The Bertz CT molecular complexity index is 148. The molecule has 1 atom stereocenters. The lowest BCUT2D eigenvalue weighted by molar-refractivity contribution is -0.144. The van der Waals surface area contributed by atoms with Crippen molar-refractivity contribution >= 4 is 18.4 Å². The zero-order chi connectivity index (χ0) is 8.27. The van der Waals surface area contributed by atoms with Gasteiger partial charge in [0.15, 0.2) is 0 Å². The Morgan fingerprint density at radius 2 is 2.25 bits per heavy atom. The second-order valence-corrected chi connectivity index (χ2v) is 3.04. The van der Waals surface area contributed by atoms with E-state index in [4.69, 9.17) is 10.5 Å². The number of rotatable bonds is 4. The zero-order valence-corrected chi connectivity index (χ0v) is 8.10. The van der Waals surface area contributed by atoms with Crippen LogP contribution in [0.3, 0.4) is 0 Å². The maximum Gasteiger partial charge on any atom is 0.322 e. The highest BCUT2D eigenvalue weighted by Crippen LogP contribution is 2.33. The Hall–Kier alpha value is -0.280. The summed E-state index contributed by atoms with van der Waals surface area (Å²) in [5.74, 6) is 0.439. The van der Waals surface area contributed by atoms with Crippen molar-refractivity contribution in [3.05, 3.63) is 0 Å². The van der Waals surface area contributed by atoms with Gasteiger partial charge in [-0.2, -0.15) is 0 Å². The second-order valence-electron chi connectivity index (χ2n) is 3.04. The minimum absolute atomic E-state index is 0. The van der Waals surface area contributed by atoms with Gasteiger partial charge in [0.1, 0.15) is 6.04 Å². The highest BCUT2D eigenvalue weighted by atomic mass is 35.5. The van der Waals surface area contributed by atoms with Crippen molar-refractivity contribution in [2.75, 3.05) is 6.61 Å². The number of hydrogen-bond acceptors (Lipinski definition) is 3. The standard InChI is InChI=1S/C8H15NO2.ClH/c1-2-11-8(10)7(9)5-6-3-4-6;/h6-7H,2-5,9H2,1H3;1H. The van der Waals surface area contributed by atoms with E-state index in [1.807, 2.05) is 0 Å². The van der Waals surface area contributed by atoms with Crippen LogP contribution in [-0.4, -0.2) is 18.6 Å². The van der Waals surface area contributed by atoms with Crippen molar-refractivity contribution in [2.24, 2.45) is 11.7 Å². The van der Waals surface area contributed by atoms with E-state index in [1.165, 1.54) is 12.8 Å². The van der Waals surface area contributed by atoms with E-state index in [-0.39, 0.29) is 24.4 Å². The molecule has 1 aliphatic rings. The van der Waals surface area contributed by atoms with E-state index in [2.05, 4.69) is 0 Å². The summed E-state index contributed by atoms with van der Waals surface area (Å²) >= 11 is 0. The predicted octanol–water partition coefficient (Wildman–Crippen LogP) is 1.10. The first-order chi connectivity index (χ1) is 5.24. The zero-order valence-electron chi connectivity index (χ0n) is 7.29. The molecule has 2 N–H and O–H groups in total. The Kier molecular flexibility index (Phi) is 5.25. The maximum absolute atomic E-state index is 11.0. The first-order valence-electron chi connectivity index (χ1n) is 4.16. The van der Waals surface area contributed by atoms with Crippen LogP contribution in [0.1, 0.15) is 26.2 Å². The fourth-order valence-electron chi connectivity index (χ4n) is 1.06. The molecule has 4 heteroatoms. The summed E-state index contributed by atoms with van der Waals surface area (Å²) in [5.41, 5.74) is 5.57. The molecule has 1 aliphatic carbocycles. The molecule has 0 saturated heterocycles. The van der Waals surface area contributed by atoms with Crippen molar-refractivity contribution in [3.8, 4) is 0 Å². The molecule has 0 aromatic carbocycles. The van der Waals surface area contributed by atoms with Gasteiger partial charge in [-0.1, -0.05) is 12.8 Å². The number of halogens is 1. The molecule has 1 unspecified atom stereocenters. The number of carbonyl (C=O) groups is 1. The molecule has 0 aromatic rings. The van der Waals surface area contributed by atoms with Crippen LogP contribution in [0.15, 0.2) is 0 Å². The Morgan fingerprint density at radius 1 is 1.67 bits per heavy atom. The van der Waals surface area contributed by atoms with Crippen LogP contribution in [0.2, 0.25) is 0 Å². The Balaban J connectivity index is 0.00000121. The quantitative estimate of drug-likeness (QED) is 0.681. The molecule has 0 spiro atoms. The lowest BCUT2D eigenvalue weighted by Gasteiger charge is -2.08. The van der Waals surface area contributed by atoms with Crippen molar-refractivity contribution in [1.29, 1.82) is 0 Å². The number of carbonyl (C=O) groups excluding carboxylic acids is 1. The largest absolute Gasteiger partial charge is 0.465 e. The molecule has 3 nitrogen and oxygen atoms in total. The van der Waals surface area contributed by atoms with Gasteiger partial charge in [-0.15, -0.1) is 12.4 Å². The van der Waals surface area contributed by atoms with Crippen LogP contribution in [-0.2, 0) is 9.53 Å². The summed E-state index contributed by atoms with van der Waals surface area (Å²) in [4.78, 5) is 11.0. The Morgan fingerprint density at radius 3 is 2.67 bits per heavy atom. The highest BCUT2D eigenvalue weighted by Gasteiger charge is 2.27. The van der Waals surface area contributed by atoms with E-state index in [9.17, 15) is 4.79 Å². The predicted molar refractivity (Wildman–Crippen MR) is 49.2 cm³/mol. The summed E-state index contributed by atoms with van der Waals surface area (Å²) in [6, 6.07) is -0.387. The molecule has 12 heavy (non-hydrogen) atoms. The molecule has 1 fully saturated rings. The van der Waals surface area contributed by atoms with E-state index in [0.717, 1.165) is 6.42 Å². The minimum Gasteiger partial charge on any atom is -0.465 e. The van der Waals surface area contributed by atoms with Gasteiger partial charge in [0.25, 0.3) is 0 Å². The monoisotopic (exact) mass is 193 g/mol. The molecule has 0 aliphatic heterocycles. The van der Waals surface area contributed by atoms with Gasteiger partial charge < -0.3 is 10.5 Å². The second kappa shape index (κ2) is 5.38. The molecule has 1 rings (SSSR count). The average Bonchev–Trinajstić information content (AvgIpc) is 2.72. The van der Waals surface area contributed by atoms with E-state index in [1.54, 1.807) is 6.92 Å². The molecule has 0 radical (unpaired) electrons. The molecular weight excluding hydrogens is 178 g/mol. The fraction of sp³-hybridized carbons (Fsp3) is 0.875. The van der Waals surface area contributed by atoms with Gasteiger partial charge >= 0.3 is 5.97 Å². The smallest absolute Gasteiger partial charge is 0.322 e. The number of ether oxygens (including phenoxy) is 1. The molecular formula is C8H16ClNO2. The van der Waals surface area contributed by atoms with Gasteiger partial charge in [0, 0.05) is 0 Å². The van der Waals surface area contributed by atoms with Crippen LogP contribution in [0.4, 0.5) is 0 Å². The highest BCUT2D eigenvalue weighted by molar-refractivity contribution is 5.85. The molecule has 72 valence electrons. The summed E-state index contributed by atoms with van der Waals surface area (Å²) in [6.45, 7) is 2.22. The average molecular weight is 194 g/mol. The third-order valence-corrected chi connectivity index (χ3v) is 1.87. The maximum atomic E-state index is 11.0. The third-order valence-electron chi connectivity index (χ3n) is 1.87. The van der Waals surface area contributed by atoms with Crippen molar-refractivity contribution in [2.45, 2.75) is 32.2 Å². The lowest BCUT2D eigenvalue weighted by atomic mass is 10.1. The van der Waals surface area contributed by atoms with Crippen LogP contribution < -0.4 is 5.73 Å². The lowest BCUT2D eigenvalue weighted by Crippen LogP contribution is -2.32. The van der Waals surface area contributed by atoms with Gasteiger partial charge in [-0.3, -0.25) is 4.79 Å². The number of hydrogen-bond donors (Lipinski definition) is 1. The SMILES string of the molecule is CCOC(=O)C(N)CC1CC1.Cl. The third kappa shape index (κ3) is 3.93. The molecule has 0 amide bonds. The molecule has 0 bridgehead atoms. The summed E-state index contributed by atoms with van der Waals surface area (Å²) < 4.78 is 4.77. The van der Waals surface area contributed by atoms with Crippen LogP contribution >= 0.6 is 12.4 Å². The fourth-order valence-corrected chi connectivity index (χ4v) is 1.06. The van der Waals surface area contributed by atoms with Crippen LogP contribution in [0.25, 0.3) is 0 Å². The molecule has 1 saturated carbocycles. The topological polar surface area (TPSA) is 52.3 Å². The summed E-state index contributed by atoms with van der Waals surface area (Å²) in [5, 5.41) is 0. The normalized spacial score (nSPS) is 17.8. The van der Waals surface area contributed by atoms with E-state index < -0.39 is 0 Å². The van der Waals surface area contributed by atoms with E-state index >= 15 is 0 Å². The van der Waals surface area contributed by atoms with Gasteiger partial charge in [-0.25, -0.2) is 0 Å². The summed E-state index contributed by atoms with van der Waals surface area (Å²) in [7, 11) is 0. The van der Waals surface area contributed by atoms with E-state index in [0.29, 0.717) is 12.5 Å². The number of esters is 1. The van der Waals surface area contributed by atoms with Gasteiger partial charge in [-0.05, 0) is 19.3 Å². The van der Waals surface area contributed by atoms with Gasteiger partial charge in [0.05, 0.1) is 6.61 Å². The molecule has 0 heterocycles. The van der Waals surface area contributed by atoms with Crippen LogP contribution in [0, 0.1) is 5.92 Å².